The first-order valence-corrected chi connectivity index (χ1v) is 5.12. The number of hydrogen-bond donors (Lipinski definition) is 2. The predicted molar refractivity (Wildman–Crippen MR) is 60.3 cm³/mol. The lowest BCUT2D eigenvalue weighted by molar-refractivity contribution is 0.0696. The summed E-state index contributed by atoms with van der Waals surface area (Å²) in [5, 5.41) is 14.3. The summed E-state index contributed by atoms with van der Waals surface area (Å²) in [6.07, 6.45) is 0. The third-order valence-corrected chi connectivity index (χ3v) is 2.19. The first kappa shape index (κ1) is 12.7. The molecule has 0 spiro atoms. The molecule has 0 bridgehead atoms. The zero-order valence-corrected chi connectivity index (χ0v) is 9.68. The summed E-state index contributed by atoms with van der Waals surface area (Å²) in [5.41, 5.74) is -0.386. The second-order valence-corrected chi connectivity index (χ2v) is 3.59. The topological polar surface area (TPSA) is 105 Å². The Morgan fingerprint density at radius 3 is 2.68 bits per heavy atom. The van der Waals surface area contributed by atoms with Gasteiger partial charge in [-0.05, 0) is 18.2 Å². The van der Waals surface area contributed by atoms with Gasteiger partial charge in [0.1, 0.15) is 5.82 Å². The lowest BCUT2D eigenvalue weighted by Crippen LogP contribution is -2.15. The number of amides is 1. The maximum atomic E-state index is 13.5. The molecule has 1 heterocycles. The highest BCUT2D eigenvalue weighted by Gasteiger charge is 2.16. The van der Waals surface area contributed by atoms with E-state index in [2.05, 4.69) is 20.0 Å². The van der Waals surface area contributed by atoms with Crippen molar-refractivity contribution in [2.45, 2.75) is 6.92 Å². The van der Waals surface area contributed by atoms with E-state index in [9.17, 15) is 14.0 Å². The van der Waals surface area contributed by atoms with Crippen LogP contribution in [0.2, 0.25) is 0 Å². The van der Waals surface area contributed by atoms with E-state index in [4.69, 9.17) is 5.11 Å². The van der Waals surface area contributed by atoms with E-state index in [0.29, 0.717) is 0 Å². The Morgan fingerprint density at radius 2 is 2.16 bits per heavy atom. The van der Waals surface area contributed by atoms with Crippen molar-refractivity contribution >= 4 is 17.6 Å². The van der Waals surface area contributed by atoms with Crippen molar-refractivity contribution in [2.75, 3.05) is 5.32 Å². The maximum absolute atomic E-state index is 13.5. The van der Waals surface area contributed by atoms with Crippen LogP contribution in [-0.4, -0.2) is 27.1 Å². The van der Waals surface area contributed by atoms with Crippen molar-refractivity contribution in [1.29, 1.82) is 0 Å². The Labute approximate surface area is 106 Å². The molecule has 19 heavy (non-hydrogen) atoms. The fourth-order valence-electron chi connectivity index (χ4n) is 1.32. The van der Waals surface area contributed by atoms with Crippen LogP contribution in [0.1, 0.15) is 26.9 Å². The molecule has 0 unspecified atom stereocenters. The summed E-state index contributed by atoms with van der Waals surface area (Å²) in [6, 6.07) is 3.12. The largest absolute Gasteiger partial charge is 0.478 e. The van der Waals surface area contributed by atoms with E-state index < -0.39 is 17.7 Å². The first-order chi connectivity index (χ1) is 8.97. The number of carboxylic acids is 1. The highest BCUT2D eigenvalue weighted by atomic mass is 19.1. The van der Waals surface area contributed by atoms with Gasteiger partial charge in [-0.25, -0.2) is 9.18 Å². The molecule has 0 atom stereocenters. The molecular weight excluding hydrogens is 257 g/mol. The average Bonchev–Trinajstić information content (AvgIpc) is 2.78. The lowest BCUT2D eigenvalue weighted by Gasteiger charge is -2.04. The Balaban J connectivity index is 2.20. The Kier molecular flexibility index (Phi) is 3.23. The molecule has 2 rings (SSSR count). The normalized spacial score (nSPS) is 10.2. The third-order valence-electron chi connectivity index (χ3n) is 2.19. The number of carboxylic acid groups (broad SMARTS) is 1. The molecule has 0 radical (unpaired) electrons. The number of aromatic carboxylic acids is 1. The lowest BCUT2D eigenvalue weighted by atomic mass is 10.2. The molecule has 0 aliphatic rings. The monoisotopic (exact) mass is 265 g/mol. The van der Waals surface area contributed by atoms with E-state index in [-0.39, 0.29) is 23.0 Å². The maximum Gasteiger partial charge on any atom is 0.335 e. The van der Waals surface area contributed by atoms with E-state index in [1.54, 1.807) is 0 Å². The number of carbonyl (C=O) groups is 2. The fraction of sp³-hybridized carbons (Fsp3) is 0.0909. The molecule has 0 aliphatic heterocycles. The molecule has 2 aromatic rings. The number of benzene rings is 1. The van der Waals surface area contributed by atoms with Gasteiger partial charge in [0.05, 0.1) is 11.3 Å². The van der Waals surface area contributed by atoms with Gasteiger partial charge in [-0.1, -0.05) is 5.16 Å². The number of halogens is 1. The molecule has 2 N–H and O–H groups in total. The highest BCUT2D eigenvalue weighted by Crippen LogP contribution is 2.16. The number of aryl methyl sites for hydroxylation is 1. The van der Waals surface area contributed by atoms with Gasteiger partial charge in [0.15, 0.2) is 0 Å². The van der Waals surface area contributed by atoms with Crippen LogP contribution in [0.4, 0.5) is 10.1 Å². The average molecular weight is 265 g/mol. The molecular formula is C11H8FN3O4. The molecule has 0 fully saturated rings. The van der Waals surface area contributed by atoms with E-state index in [0.717, 1.165) is 12.1 Å². The van der Waals surface area contributed by atoms with Gasteiger partial charge < -0.3 is 14.9 Å². The zero-order chi connectivity index (χ0) is 14.0. The Bertz CT molecular complexity index is 653. The molecule has 7 nitrogen and oxygen atoms in total. The van der Waals surface area contributed by atoms with Crippen molar-refractivity contribution in [3.05, 3.63) is 41.3 Å². The van der Waals surface area contributed by atoms with Crippen molar-refractivity contribution in [3.63, 3.8) is 0 Å². The summed E-state index contributed by atoms with van der Waals surface area (Å²) in [6.45, 7) is 1.51. The van der Waals surface area contributed by atoms with Gasteiger partial charge in [0.25, 0.3) is 11.7 Å². The molecule has 8 heteroatoms. The first-order valence-electron chi connectivity index (χ1n) is 5.12. The van der Waals surface area contributed by atoms with Gasteiger partial charge >= 0.3 is 5.97 Å². The van der Waals surface area contributed by atoms with E-state index in [1.165, 1.54) is 13.0 Å². The van der Waals surface area contributed by atoms with Gasteiger partial charge in [-0.2, -0.15) is 4.98 Å². The van der Waals surface area contributed by atoms with Crippen LogP contribution in [0.3, 0.4) is 0 Å². The smallest absolute Gasteiger partial charge is 0.335 e. The van der Waals surface area contributed by atoms with E-state index in [1.807, 2.05) is 0 Å². The minimum Gasteiger partial charge on any atom is -0.478 e. The number of rotatable bonds is 3. The minimum atomic E-state index is -1.26. The van der Waals surface area contributed by atoms with Crippen LogP contribution in [-0.2, 0) is 0 Å². The van der Waals surface area contributed by atoms with Crippen molar-refractivity contribution in [3.8, 4) is 0 Å². The molecule has 1 aromatic carbocycles. The van der Waals surface area contributed by atoms with Crippen LogP contribution < -0.4 is 5.32 Å². The Morgan fingerprint density at radius 1 is 1.42 bits per heavy atom. The van der Waals surface area contributed by atoms with Crippen LogP contribution in [0.15, 0.2) is 22.7 Å². The van der Waals surface area contributed by atoms with Crippen molar-refractivity contribution < 1.29 is 23.6 Å². The predicted octanol–water partition coefficient (Wildman–Crippen LogP) is 1.47. The standard InChI is InChI=1S/C11H8FN3O4/c1-5-13-9(15-19-5)10(16)14-8-3-2-6(11(17)18)4-7(8)12/h2-4H,1H3,(H,14,16)(H,17,18). The quantitative estimate of drug-likeness (QED) is 0.870. The molecule has 1 aromatic heterocycles. The van der Waals surface area contributed by atoms with Crippen LogP contribution in [0.5, 0.6) is 0 Å². The minimum absolute atomic E-state index is 0.169. The number of nitrogens with zero attached hydrogens (tertiary/aromatic N) is 2. The van der Waals surface area contributed by atoms with Gasteiger partial charge in [-0.15, -0.1) is 0 Å². The number of aromatic nitrogens is 2. The number of hydrogen-bond acceptors (Lipinski definition) is 5. The van der Waals surface area contributed by atoms with Crippen molar-refractivity contribution in [1.82, 2.24) is 10.1 Å². The Hall–Kier alpha value is -2.77. The summed E-state index contributed by atoms with van der Waals surface area (Å²) in [5.74, 6) is -2.91. The zero-order valence-electron chi connectivity index (χ0n) is 9.68. The number of nitrogens with one attached hydrogen (secondary N) is 1. The van der Waals surface area contributed by atoms with Crippen LogP contribution in [0, 0.1) is 12.7 Å². The molecule has 98 valence electrons. The molecule has 0 saturated heterocycles. The molecule has 1 amide bonds. The molecule has 0 aliphatic carbocycles. The summed E-state index contributed by atoms with van der Waals surface area (Å²) in [7, 11) is 0. The van der Waals surface area contributed by atoms with Crippen LogP contribution >= 0.6 is 0 Å². The number of anilines is 1. The SMILES string of the molecule is Cc1nc(C(=O)Nc2ccc(C(=O)O)cc2F)no1. The van der Waals surface area contributed by atoms with Gasteiger partial charge in [0.2, 0.25) is 5.89 Å². The van der Waals surface area contributed by atoms with Crippen molar-refractivity contribution in [2.24, 2.45) is 0 Å². The van der Waals surface area contributed by atoms with Gasteiger partial charge in [-0.3, -0.25) is 4.79 Å². The molecule has 0 saturated carbocycles. The van der Waals surface area contributed by atoms with Crippen LogP contribution in [0.25, 0.3) is 0 Å². The summed E-state index contributed by atoms with van der Waals surface area (Å²) in [4.78, 5) is 25.9. The second kappa shape index (κ2) is 4.84. The highest BCUT2D eigenvalue weighted by molar-refractivity contribution is 6.01. The fourth-order valence-corrected chi connectivity index (χ4v) is 1.32. The third kappa shape index (κ3) is 2.73. The second-order valence-electron chi connectivity index (χ2n) is 3.59. The number of carbonyl (C=O) groups excluding carboxylic acids is 1. The van der Waals surface area contributed by atoms with E-state index >= 15 is 0 Å². The van der Waals surface area contributed by atoms with Gasteiger partial charge in [0, 0.05) is 6.92 Å². The summed E-state index contributed by atoms with van der Waals surface area (Å²) >= 11 is 0. The summed E-state index contributed by atoms with van der Waals surface area (Å²) < 4.78 is 18.2.